The van der Waals surface area contributed by atoms with Gasteiger partial charge in [0.2, 0.25) is 0 Å². The molecule has 92 valence electrons. The van der Waals surface area contributed by atoms with Crippen LogP contribution in [0.4, 0.5) is 0 Å². The molecule has 0 saturated heterocycles. The molecular formula is C15H15NOS. The molecule has 1 amide bonds. The summed E-state index contributed by atoms with van der Waals surface area (Å²) in [5.74, 6) is -0.0353. The zero-order chi connectivity index (χ0) is 13.0. The Labute approximate surface area is 111 Å². The van der Waals surface area contributed by atoms with Crippen molar-refractivity contribution in [3.05, 3.63) is 58.8 Å². The maximum atomic E-state index is 12.1. The van der Waals surface area contributed by atoms with Gasteiger partial charge in [0.15, 0.2) is 0 Å². The van der Waals surface area contributed by atoms with Crippen molar-refractivity contribution in [3.8, 4) is 11.1 Å². The maximum Gasteiger partial charge on any atom is 0.262 e. The normalized spacial score (nSPS) is 10.1. The van der Waals surface area contributed by atoms with Crippen LogP contribution >= 0.6 is 11.3 Å². The second-order valence-corrected chi connectivity index (χ2v) is 5.09. The van der Waals surface area contributed by atoms with Gasteiger partial charge in [0.05, 0.1) is 4.88 Å². The standard InChI is InChI=1S/C15H15NOS/c1-11(2)10-16-15(17)14-13(8-9-18-14)12-6-4-3-5-7-12/h3-9H,1,10H2,2H3,(H,16,17). The van der Waals surface area contributed by atoms with E-state index in [-0.39, 0.29) is 5.91 Å². The number of thiophene rings is 1. The molecule has 1 aromatic heterocycles. The first-order chi connectivity index (χ1) is 8.68. The second kappa shape index (κ2) is 5.65. The Morgan fingerprint density at radius 1 is 1.28 bits per heavy atom. The Morgan fingerprint density at radius 2 is 2.00 bits per heavy atom. The van der Waals surface area contributed by atoms with Crippen LogP contribution in [0.5, 0.6) is 0 Å². The zero-order valence-corrected chi connectivity index (χ0v) is 11.1. The molecule has 1 N–H and O–H groups in total. The first-order valence-corrected chi connectivity index (χ1v) is 6.62. The molecule has 3 heteroatoms. The molecule has 0 bridgehead atoms. The largest absolute Gasteiger partial charge is 0.348 e. The van der Waals surface area contributed by atoms with Crippen molar-refractivity contribution in [2.45, 2.75) is 6.92 Å². The quantitative estimate of drug-likeness (QED) is 0.831. The highest BCUT2D eigenvalue weighted by Crippen LogP contribution is 2.27. The Morgan fingerprint density at radius 3 is 2.67 bits per heavy atom. The van der Waals surface area contributed by atoms with Gasteiger partial charge in [-0.05, 0) is 23.9 Å². The predicted octanol–water partition coefficient (Wildman–Crippen LogP) is 3.72. The van der Waals surface area contributed by atoms with E-state index in [0.717, 1.165) is 21.6 Å². The Hall–Kier alpha value is -1.87. The third kappa shape index (κ3) is 2.87. The van der Waals surface area contributed by atoms with Gasteiger partial charge in [0, 0.05) is 12.1 Å². The SMILES string of the molecule is C=C(C)CNC(=O)c1sccc1-c1ccccc1. The van der Waals surface area contributed by atoms with Gasteiger partial charge in [-0.25, -0.2) is 0 Å². The van der Waals surface area contributed by atoms with E-state index < -0.39 is 0 Å². The van der Waals surface area contributed by atoms with Gasteiger partial charge in [-0.2, -0.15) is 0 Å². The lowest BCUT2D eigenvalue weighted by molar-refractivity contribution is 0.0961. The summed E-state index contributed by atoms with van der Waals surface area (Å²) in [4.78, 5) is 12.8. The van der Waals surface area contributed by atoms with E-state index in [1.807, 2.05) is 48.7 Å². The van der Waals surface area contributed by atoms with Gasteiger partial charge in [-0.3, -0.25) is 4.79 Å². The van der Waals surface area contributed by atoms with Crippen LogP contribution in [0.3, 0.4) is 0 Å². The van der Waals surface area contributed by atoms with Crippen molar-refractivity contribution in [1.82, 2.24) is 5.32 Å². The van der Waals surface area contributed by atoms with E-state index in [0.29, 0.717) is 6.54 Å². The van der Waals surface area contributed by atoms with Gasteiger partial charge in [0.25, 0.3) is 5.91 Å². The predicted molar refractivity (Wildman–Crippen MR) is 76.9 cm³/mol. The molecule has 0 spiro atoms. The molecular weight excluding hydrogens is 242 g/mol. The summed E-state index contributed by atoms with van der Waals surface area (Å²) in [6.45, 7) is 6.19. The molecule has 0 saturated carbocycles. The first-order valence-electron chi connectivity index (χ1n) is 5.74. The third-order valence-electron chi connectivity index (χ3n) is 2.51. The summed E-state index contributed by atoms with van der Waals surface area (Å²) in [6.07, 6.45) is 0. The van der Waals surface area contributed by atoms with Crippen molar-refractivity contribution in [3.63, 3.8) is 0 Å². The summed E-state index contributed by atoms with van der Waals surface area (Å²) in [5, 5.41) is 4.81. The first kappa shape index (κ1) is 12.6. The molecule has 2 nitrogen and oxygen atoms in total. The van der Waals surface area contributed by atoms with Crippen molar-refractivity contribution >= 4 is 17.2 Å². The Kier molecular flexibility index (Phi) is 3.95. The lowest BCUT2D eigenvalue weighted by Gasteiger charge is -2.06. The molecule has 0 aliphatic heterocycles. The fourth-order valence-electron chi connectivity index (χ4n) is 1.64. The van der Waals surface area contributed by atoms with Crippen LogP contribution in [-0.2, 0) is 0 Å². The summed E-state index contributed by atoms with van der Waals surface area (Å²) in [6, 6.07) is 11.9. The van der Waals surface area contributed by atoms with Crippen LogP contribution < -0.4 is 5.32 Å². The van der Waals surface area contributed by atoms with Crippen LogP contribution in [0, 0.1) is 0 Å². The van der Waals surface area contributed by atoms with Gasteiger partial charge in [-0.1, -0.05) is 42.5 Å². The lowest BCUT2D eigenvalue weighted by atomic mass is 10.1. The molecule has 0 unspecified atom stereocenters. The van der Waals surface area contributed by atoms with E-state index >= 15 is 0 Å². The zero-order valence-electron chi connectivity index (χ0n) is 10.3. The number of nitrogens with one attached hydrogen (secondary N) is 1. The maximum absolute atomic E-state index is 12.1. The number of hydrogen-bond donors (Lipinski definition) is 1. The topological polar surface area (TPSA) is 29.1 Å². The Bertz CT molecular complexity index is 557. The van der Waals surface area contributed by atoms with E-state index in [1.165, 1.54) is 11.3 Å². The average Bonchev–Trinajstić information content (AvgIpc) is 2.86. The highest BCUT2D eigenvalue weighted by atomic mass is 32.1. The minimum atomic E-state index is -0.0353. The highest BCUT2D eigenvalue weighted by molar-refractivity contribution is 7.12. The summed E-state index contributed by atoms with van der Waals surface area (Å²) >= 11 is 1.46. The van der Waals surface area contributed by atoms with Crippen LogP contribution in [0.25, 0.3) is 11.1 Å². The van der Waals surface area contributed by atoms with Crippen LogP contribution in [-0.4, -0.2) is 12.5 Å². The monoisotopic (exact) mass is 257 g/mol. The van der Waals surface area contributed by atoms with Crippen molar-refractivity contribution < 1.29 is 4.79 Å². The minimum absolute atomic E-state index is 0.0353. The summed E-state index contributed by atoms with van der Waals surface area (Å²) < 4.78 is 0. The molecule has 18 heavy (non-hydrogen) atoms. The number of carbonyl (C=O) groups excluding carboxylic acids is 1. The third-order valence-corrected chi connectivity index (χ3v) is 3.42. The second-order valence-electron chi connectivity index (χ2n) is 4.17. The molecule has 0 aliphatic rings. The van der Waals surface area contributed by atoms with Gasteiger partial charge in [-0.15, -0.1) is 11.3 Å². The van der Waals surface area contributed by atoms with E-state index in [9.17, 15) is 4.79 Å². The van der Waals surface area contributed by atoms with E-state index in [4.69, 9.17) is 0 Å². The smallest absolute Gasteiger partial charge is 0.262 e. The molecule has 0 fully saturated rings. The van der Waals surface area contributed by atoms with Crippen LogP contribution in [0.15, 0.2) is 53.9 Å². The molecule has 2 aromatic rings. The molecule has 1 heterocycles. The number of rotatable bonds is 4. The fraction of sp³-hybridized carbons (Fsp3) is 0.133. The van der Waals surface area contributed by atoms with E-state index in [2.05, 4.69) is 11.9 Å². The molecule has 1 aromatic carbocycles. The Balaban J connectivity index is 2.23. The van der Waals surface area contributed by atoms with Gasteiger partial charge >= 0.3 is 0 Å². The lowest BCUT2D eigenvalue weighted by Crippen LogP contribution is -2.24. The van der Waals surface area contributed by atoms with Gasteiger partial charge < -0.3 is 5.32 Å². The molecule has 0 aliphatic carbocycles. The summed E-state index contributed by atoms with van der Waals surface area (Å²) in [7, 11) is 0. The fourth-order valence-corrected chi connectivity index (χ4v) is 2.47. The van der Waals surface area contributed by atoms with Crippen LogP contribution in [0.2, 0.25) is 0 Å². The molecule has 0 atom stereocenters. The van der Waals surface area contributed by atoms with Crippen molar-refractivity contribution in [1.29, 1.82) is 0 Å². The van der Waals surface area contributed by atoms with Crippen LogP contribution in [0.1, 0.15) is 16.6 Å². The number of amides is 1. The highest BCUT2D eigenvalue weighted by Gasteiger charge is 2.13. The molecule has 2 rings (SSSR count). The number of carbonyl (C=O) groups is 1. The van der Waals surface area contributed by atoms with Crippen molar-refractivity contribution in [2.75, 3.05) is 6.54 Å². The number of hydrogen-bond acceptors (Lipinski definition) is 2. The summed E-state index contributed by atoms with van der Waals surface area (Å²) in [5.41, 5.74) is 3.00. The van der Waals surface area contributed by atoms with Gasteiger partial charge in [0.1, 0.15) is 0 Å². The van der Waals surface area contributed by atoms with Crippen molar-refractivity contribution in [2.24, 2.45) is 0 Å². The average molecular weight is 257 g/mol. The minimum Gasteiger partial charge on any atom is -0.348 e. The number of benzene rings is 1. The molecule has 0 radical (unpaired) electrons. The van der Waals surface area contributed by atoms with E-state index in [1.54, 1.807) is 0 Å².